The minimum Gasteiger partial charge on any atom is -0.289 e. The maximum atomic E-state index is 2.75. The third kappa shape index (κ3) is 2.94. The van der Waals surface area contributed by atoms with E-state index in [0.717, 1.165) is 6.54 Å². The number of hydrogen-bond donors (Lipinski definition) is 0. The summed E-state index contributed by atoms with van der Waals surface area (Å²) in [6, 6.07) is 23.4. The van der Waals surface area contributed by atoms with Crippen LogP contribution < -0.4 is 0 Å². The quantitative estimate of drug-likeness (QED) is 0.553. The molecule has 0 saturated carbocycles. The number of nitrogens with zero attached hydrogens (tertiary/aromatic N) is 1. The Kier molecular flexibility index (Phi) is 3.95. The number of piperidine rings is 1. The fourth-order valence-electron chi connectivity index (χ4n) is 4.48. The van der Waals surface area contributed by atoms with Crippen LogP contribution in [0.2, 0.25) is 0 Å². The van der Waals surface area contributed by atoms with E-state index in [1.165, 1.54) is 46.2 Å². The predicted molar refractivity (Wildman–Crippen MR) is 108 cm³/mol. The smallest absolute Gasteiger partial charge is 0.0349 e. The molecule has 2 bridgehead atoms. The zero-order chi connectivity index (χ0) is 16.6. The Labute approximate surface area is 153 Å². The molecule has 2 unspecified atom stereocenters. The monoisotopic (exact) mass is 345 g/mol. The van der Waals surface area contributed by atoms with Crippen LogP contribution in [0, 0.1) is 0 Å². The molecule has 2 atom stereocenters. The molecule has 25 heavy (non-hydrogen) atoms. The van der Waals surface area contributed by atoms with Crippen molar-refractivity contribution in [2.24, 2.45) is 0 Å². The summed E-state index contributed by atoms with van der Waals surface area (Å²) in [4.78, 5) is 4.23. The zero-order valence-electron chi connectivity index (χ0n) is 14.4. The Morgan fingerprint density at radius 3 is 2.64 bits per heavy atom. The van der Waals surface area contributed by atoms with Gasteiger partial charge < -0.3 is 0 Å². The topological polar surface area (TPSA) is 3.24 Å². The van der Waals surface area contributed by atoms with Crippen molar-refractivity contribution in [3.05, 3.63) is 77.2 Å². The molecule has 2 aromatic carbocycles. The third-order valence-electron chi connectivity index (χ3n) is 5.73. The van der Waals surface area contributed by atoms with Crippen LogP contribution in [-0.2, 0) is 6.54 Å². The van der Waals surface area contributed by atoms with E-state index >= 15 is 0 Å². The second kappa shape index (κ2) is 6.44. The molecule has 5 rings (SSSR count). The molecule has 0 spiro atoms. The van der Waals surface area contributed by atoms with Gasteiger partial charge in [0.05, 0.1) is 0 Å². The van der Waals surface area contributed by atoms with Crippen LogP contribution >= 0.6 is 11.3 Å². The van der Waals surface area contributed by atoms with Crippen LogP contribution in [0.15, 0.2) is 66.7 Å². The van der Waals surface area contributed by atoms with Crippen LogP contribution in [0.4, 0.5) is 0 Å². The highest BCUT2D eigenvalue weighted by Crippen LogP contribution is 2.41. The SMILES string of the molecule is C1=C(c2cc3ccccc3s2)CC2CCCC1N2Cc1ccccc1. The first-order valence-corrected chi connectivity index (χ1v) is 10.2. The average Bonchev–Trinajstić information content (AvgIpc) is 3.06. The molecule has 1 saturated heterocycles. The van der Waals surface area contributed by atoms with Gasteiger partial charge in [-0.05, 0) is 47.9 Å². The number of fused-ring (bicyclic) bond motifs is 3. The molecule has 3 aromatic rings. The maximum absolute atomic E-state index is 2.75. The van der Waals surface area contributed by atoms with Gasteiger partial charge in [-0.25, -0.2) is 0 Å². The molecule has 2 aliphatic heterocycles. The Balaban J connectivity index is 1.46. The molecule has 2 aliphatic rings. The number of rotatable bonds is 3. The zero-order valence-corrected chi connectivity index (χ0v) is 15.2. The number of benzene rings is 2. The maximum Gasteiger partial charge on any atom is 0.0349 e. The van der Waals surface area contributed by atoms with Gasteiger partial charge in [0, 0.05) is 28.2 Å². The van der Waals surface area contributed by atoms with Gasteiger partial charge in [0.1, 0.15) is 0 Å². The Bertz CT molecular complexity index is 875. The van der Waals surface area contributed by atoms with Gasteiger partial charge in [0.25, 0.3) is 0 Å². The summed E-state index contributed by atoms with van der Waals surface area (Å²) >= 11 is 1.96. The second-order valence-corrected chi connectivity index (χ2v) is 8.44. The number of hydrogen-bond acceptors (Lipinski definition) is 2. The van der Waals surface area contributed by atoms with Crippen molar-refractivity contribution >= 4 is 27.0 Å². The molecule has 3 heterocycles. The average molecular weight is 346 g/mol. The van der Waals surface area contributed by atoms with E-state index in [9.17, 15) is 0 Å². The molecule has 0 N–H and O–H groups in total. The van der Waals surface area contributed by atoms with Crippen molar-refractivity contribution < 1.29 is 0 Å². The molecule has 1 aromatic heterocycles. The lowest BCUT2D eigenvalue weighted by Crippen LogP contribution is -2.47. The standard InChI is InChI=1S/C23H23NS/c1-2-7-17(8-3-1)16-24-20-10-6-11-21(24)14-19(13-20)23-15-18-9-4-5-12-22(18)25-23/h1-5,7-9,12-13,15,20-21H,6,10-11,14,16H2. The normalized spacial score (nSPS) is 23.6. The van der Waals surface area contributed by atoms with Gasteiger partial charge >= 0.3 is 0 Å². The largest absolute Gasteiger partial charge is 0.289 e. The lowest BCUT2D eigenvalue weighted by Gasteiger charge is -2.45. The summed E-state index contributed by atoms with van der Waals surface area (Å²) in [5.74, 6) is 0. The minimum absolute atomic E-state index is 0.605. The van der Waals surface area contributed by atoms with Gasteiger partial charge in [-0.1, -0.05) is 61.0 Å². The molecule has 0 aliphatic carbocycles. The highest BCUT2D eigenvalue weighted by atomic mass is 32.1. The van der Waals surface area contributed by atoms with Crippen molar-refractivity contribution in [2.45, 2.75) is 44.3 Å². The summed E-state index contributed by atoms with van der Waals surface area (Å²) in [7, 11) is 0. The Hall–Kier alpha value is -1.90. The summed E-state index contributed by atoms with van der Waals surface area (Å²) in [6.45, 7) is 1.09. The van der Waals surface area contributed by atoms with Crippen LogP contribution in [0.3, 0.4) is 0 Å². The summed E-state index contributed by atoms with van der Waals surface area (Å²) < 4.78 is 1.41. The van der Waals surface area contributed by atoms with Crippen LogP contribution in [-0.4, -0.2) is 17.0 Å². The highest BCUT2D eigenvalue weighted by molar-refractivity contribution is 7.20. The van der Waals surface area contributed by atoms with Gasteiger partial charge in [0.2, 0.25) is 0 Å². The first-order valence-electron chi connectivity index (χ1n) is 9.36. The Morgan fingerprint density at radius 2 is 1.80 bits per heavy atom. The van der Waals surface area contributed by atoms with Crippen molar-refractivity contribution in [3.63, 3.8) is 0 Å². The predicted octanol–water partition coefficient (Wildman–Crippen LogP) is 6.11. The lowest BCUT2D eigenvalue weighted by molar-refractivity contribution is 0.0952. The first kappa shape index (κ1) is 15.4. The molecule has 1 nitrogen and oxygen atoms in total. The van der Waals surface area contributed by atoms with Crippen LogP contribution in [0.5, 0.6) is 0 Å². The van der Waals surface area contributed by atoms with Crippen molar-refractivity contribution in [3.8, 4) is 0 Å². The van der Waals surface area contributed by atoms with Crippen LogP contribution in [0.1, 0.15) is 36.1 Å². The van der Waals surface area contributed by atoms with E-state index in [0.29, 0.717) is 12.1 Å². The van der Waals surface area contributed by atoms with E-state index < -0.39 is 0 Å². The molecule has 2 heteroatoms. The van der Waals surface area contributed by atoms with E-state index in [4.69, 9.17) is 0 Å². The second-order valence-electron chi connectivity index (χ2n) is 7.35. The highest BCUT2D eigenvalue weighted by Gasteiger charge is 2.34. The first-order chi connectivity index (χ1) is 12.4. The number of thiophene rings is 1. The summed E-state index contributed by atoms with van der Waals surface area (Å²) in [6.07, 6.45) is 7.79. The van der Waals surface area contributed by atoms with Crippen molar-refractivity contribution in [1.29, 1.82) is 0 Å². The van der Waals surface area contributed by atoms with Crippen molar-refractivity contribution in [2.75, 3.05) is 0 Å². The molecular weight excluding hydrogens is 322 g/mol. The molecule has 1 fully saturated rings. The Morgan fingerprint density at radius 1 is 0.960 bits per heavy atom. The van der Waals surface area contributed by atoms with Gasteiger partial charge in [0.15, 0.2) is 0 Å². The van der Waals surface area contributed by atoms with E-state index in [1.54, 1.807) is 5.57 Å². The third-order valence-corrected chi connectivity index (χ3v) is 6.92. The molecule has 0 amide bonds. The molecule has 0 radical (unpaired) electrons. The molecular formula is C23H23NS. The van der Waals surface area contributed by atoms with Crippen molar-refractivity contribution in [1.82, 2.24) is 4.90 Å². The summed E-state index contributed by atoms with van der Waals surface area (Å²) in [5, 5.41) is 1.39. The van der Waals surface area contributed by atoms with Crippen LogP contribution in [0.25, 0.3) is 15.7 Å². The van der Waals surface area contributed by atoms with E-state index in [-0.39, 0.29) is 0 Å². The minimum atomic E-state index is 0.605. The van der Waals surface area contributed by atoms with Gasteiger partial charge in [-0.2, -0.15) is 0 Å². The van der Waals surface area contributed by atoms with Gasteiger partial charge in [-0.15, -0.1) is 11.3 Å². The summed E-state index contributed by atoms with van der Waals surface area (Å²) in [5.41, 5.74) is 3.03. The fraction of sp³-hybridized carbons (Fsp3) is 0.304. The lowest BCUT2D eigenvalue weighted by atomic mass is 9.84. The van der Waals surface area contributed by atoms with E-state index in [1.807, 2.05) is 11.3 Å². The fourth-order valence-corrected chi connectivity index (χ4v) is 5.58. The van der Waals surface area contributed by atoms with E-state index in [2.05, 4.69) is 71.6 Å². The molecule has 126 valence electrons. The van der Waals surface area contributed by atoms with Gasteiger partial charge in [-0.3, -0.25) is 4.90 Å².